The Morgan fingerprint density at radius 1 is 0.519 bits per heavy atom. The van der Waals surface area contributed by atoms with Crippen molar-refractivity contribution in [3.63, 3.8) is 0 Å². The van der Waals surface area contributed by atoms with E-state index in [-0.39, 0.29) is 125 Å². The molecule has 2 heterocycles. The van der Waals surface area contributed by atoms with Gasteiger partial charge in [0.15, 0.2) is 0 Å². The first kappa shape index (κ1) is 61.3. The molecular weight excluding hydrogens is 1070 g/mol. The van der Waals surface area contributed by atoms with Crippen molar-refractivity contribution in [1.29, 1.82) is 0 Å². The normalized spacial score (nSPS) is 20.8. The molecule has 4 aliphatic rings. The fraction of sp³-hybridized carbons (Fsp3) is 0.475. The number of hydrogen-bond acceptors (Lipinski definition) is 14. The molecule has 20 heteroatoms. The minimum absolute atomic E-state index is 0.0795. The van der Waals surface area contributed by atoms with E-state index >= 15 is 0 Å². The summed E-state index contributed by atoms with van der Waals surface area (Å²) in [6, 6.07) is 28.2. The van der Waals surface area contributed by atoms with E-state index in [9.17, 15) is 26.4 Å². The van der Waals surface area contributed by atoms with Crippen LogP contribution in [0.15, 0.2) is 143 Å². The monoisotopic (exact) mass is 1150 g/mol. The molecule has 0 radical (unpaired) electrons. The van der Waals surface area contributed by atoms with Crippen molar-refractivity contribution < 1.29 is 54.8 Å². The predicted molar refractivity (Wildman–Crippen MR) is 311 cm³/mol. The van der Waals surface area contributed by atoms with Gasteiger partial charge >= 0.3 is 0 Å². The first-order valence-electron chi connectivity index (χ1n) is 28.5. The van der Waals surface area contributed by atoms with Crippen LogP contribution in [0.5, 0.6) is 11.5 Å². The number of hydrogen-bond donors (Lipinski definition) is 4. The third-order valence-electron chi connectivity index (χ3n) is 14.8. The van der Waals surface area contributed by atoms with Crippen LogP contribution in [0, 0.1) is 0 Å². The number of nitrogens with one attached hydrogen (secondary N) is 4. The standard InChI is InChI=1S/C61H80N6O12S2/c1-47-13-5-2-6-16-58(56(45-47)66-33-9-3-10-34-66)78-51-21-25-53(26-22-51)80(70,71)64-31-39-76-43-41-74-37-29-62-60(68)48-17-19-49(20-18-48)61(69)63-30-38-75-42-44-77-40-32-65-81(72,73)54-27-23-52(24-28-54)79-59-55-15-8-7-14-50(55)46-57(59)67-35-11-4-12-36-67/h2,5-8,13-15,17-28,56-59,64-65H,1,3-4,9-12,16,29-46H2,(H,62,68)(H,63,69)/b6-2-,13-5-/t56-,57-,58-,59-/m0/s1. The zero-order valence-corrected chi connectivity index (χ0v) is 48.0. The molecular formula is C61H80N6O12S2. The molecule has 0 unspecified atom stereocenters. The fourth-order valence-electron chi connectivity index (χ4n) is 10.6. The van der Waals surface area contributed by atoms with Gasteiger partial charge in [0, 0.05) is 43.7 Å². The molecule has 0 aromatic heterocycles. The second kappa shape index (κ2) is 31.6. The van der Waals surface area contributed by atoms with Gasteiger partial charge in [-0.2, -0.15) is 0 Å². The van der Waals surface area contributed by atoms with Gasteiger partial charge in [-0.1, -0.05) is 73.6 Å². The maximum atomic E-state index is 13.0. The van der Waals surface area contributed by atoms with Gasteiger partial charge in [0.1, 0.15) is 23.7 Å². The number of carbonyl (C=O) groups is 2. The van der Waals surface area contributed by atoms with E-state index in [0.717, 1.165) is 51.0 Å². The zero-order valence-electron chi connectivity index (χ0n) is 46.4. The molecule has 438 valence electrons. The van der Waals surface area contributed by atoms with Crippen LogP contribution in [-0.4, -0.2) is 162 Å². The van der Waals surface area contributed by atoms with Gasteiger partial charge in [0.2, 0.25) is 20.0 Å². The Kier molecular flexibility index (Phi) is 23.9. The van der Waals surface area contributed by atoms with E-state index in [2.05, 4.69) is 66.8 Å². The quantitative estimate of drug-likeness (QED) is 0.0398. The summed E-state index contributed by atoms with van der Waals surface area (Å²) in [4.78, 5) is 30.7. The van der Waals surface area contributed by atoms with Gasteiger partial charge in [-0.25, -0.2) is 26.3 Å². The molecule has 4 N–H and O–H groups in total. The Morgan fingerprint density at radius 2 is 0.988 bits per heavy atom. The van der Waals surface area contributed by atoms with Crippen molar-refractivity contribution in [2.75, 3.05) is 105 Å². The molecule has 81 heavy (non-hydrogen) atoms. The van der Waals surface area contributed by atoms with Crippen LogP contribution < -0.4 is 29.6 Å². The summed E-state index contributed by atoms with van der Waals surface area (Å²) in [5, 5.41) is 5.56. The first-order valence-corrected chi connectivity index (χ1v) is 31.5. The van der Waals surface area contributed by atoms with Crippen molar-refractivity contribution >= 4 is 31.9 Å². The van der Waals surface area contributed by atoms with Crippen molar-refractivity contribution in [2.24, 2.45) is 0 Å². The number of carbonyl (C=O) groups excluding carboxylic acids is 2. The highest BCUT2D eigenvalue weighted by molar-refractivity contribution is 7.89. The lowest BCUT2D eigenvalue weighted by atomic mass is 9.96. The lowest BCUT2D eigenvalue weighted by Gasteiger charge is -2.39. The zero-order chi connectivity index (χ0) is 56.7. The largest absolute Gasteiger partial charge is 0.488 e. The van der Waals surface area contributed by atoms with Gasteiger partial charge in [0.25, 0.3) is 11.8 Å². The van der Waals surface area contributed by atoms with Crippen molar-refractivity contribution in [2.45, 2.75) is 91.9 Å². The Hall–Kier alpha value is -5.78. The summed E-state index contributed by atoms with van der Waals surface area (Å²) >= 11 is 0. The fourth-order valence-corrected chi connectivity index (χ4v) is 12.6. The second-order valence-electron chi connectivity index (χ2n) is 20.6. The molecule has 2 aliphatic heterocycles. The molecule has 4 atom stereocenters. The maximum absolute atomic E-state index is 13.0. The van der Waals surface area contributed by atoms with Gasteiger partial charge < -0.3 is 39.1 Å². The molecule has 8 rings (SSSR count). The number of fused-ring (bicyclic) bond motifs is 1. The summed E-state index contributed by atoms with van der Waals surface area (Å²) in [6.07, 6.45) is 17.7. The smallest absolute Gasteiger partial charge is 0.251 e. The van der Waals surface area contributed by atoms with Crippen LogP contribution in [0.1, 0.15) is 89.3 Å². The molecule has 4 aromatic rings. The van der Waals surface area contributed by atoms with Gasteiger partial charge in [-0.15, -0.1) is 0 Å². The van der Waals surface area contributed by atoms with E-state index in [1.807, 2.05) is 18.2 Å². The molecule has 18 nitrogen and oxygen atoms in total. The van der Waals surface area contributed by atoms with E-state index in [1.54, 1.807) is 72.8 Å². The van der Waals surface area contributed by atoms with Crippen molar-refractivity contribution in [3.05, 3.63) is 156 Å². The van der Waals surface area contributed by atoms with Gasteiger partial charge in [-0.05, 0) is 149 Å². The number of rotatable bonds is 30. The summed E-state index contributed by atoms with van der Waals surface area (Å²) in [7, 11) is -7.53. The van der Waals surface area contributed by atoms with E-state index < -0.39 is 20.0 Å². The summed E-state index contributed by atoms with van der Waals surface area (Å²) < 4.78 is 92.6. The summed E-state index contributed by atoms with van der Waals surface area (Å²) in [5.74, 6) is 0.609. The van der Waals surface area contributed by atoms with Gasteiger partial charge in [-0.3, -0.25) is 19.4 Å². The number of allylic oxidation sites excluding steroid dienone is 3. The van der Waals surface area contributed by atoms with Gasteiger partial charge in [0.05, 0.1) is 74.7 Å². The van der Waals surface area contributed by atoms with E-state index in [1.165, 1.54) is 49.7 Å². The number of nitrogens with zero attached hydrogens (tertiary/aromatic N) is 2. The summed E-state index contributed by atoms with van der Waals surface area (Å²) in [5.41, 5.74) is 4.33. The molecule has 2 amide bonds. The highest BCUT2D eigenvalue weighted by atomic mass is 32.2. The molecule has 2 aliphatic carbocycles. The topological polar surface area (TPSA) is 212 Å². The first-order chi connectivity index (χ1) is 39.4. The molecule has 0 bridgehead atoms. The van der Waals surface area contributed by atoms with Crippen LogP contribution in [0.4, 0.5) is 0 Å². The van der Waals surface area contributed by atoms with E-state index in [0.29, 0.717) is 22.6 Å². The third-order valence-corrected chi connectivity index (χ3v) is 17.8. The van der Waals surface area contributed by atoms with Crippen molar-refractivity contribution in [1.82, 2.24) is 29.9 Å². The molecule has 4 aromatic carbocycles. The van der Waals surface area contributed by atoms with Crippen LogP contribution in [0.25, 0.3) is 0 Å². The average molecular weight is 1150 g/mol. The number of piperidine rings is 2. The van der Waals surface area contributed by atoms with Crippen LogP contribution in [-0.2, 0) is 45.4 Å². The molecule has 0 spiro atoms. The predicted octanol–water partition coefficient (Wildman–Crippen LogP) is 6.76. The maximum Gasteiger partial charge on any atom is 0.251 e. The number of amides is 2. The summed E-state index contributed by atoms with van der Waals surface area (Å²) in [6.45, 7) is 10.9. The SMILES string of the molecule is C=C1/C=C\C=C/C[C@H](Oc2ccc(S(=O)(=O)NCCOCCOCCNC(=O)c3ccc(C(=O)NCCOCCOCCNS(=O)(=O)c4ccc(O[C@H]5c6ccccc6C[C@@H]5N5CCCCC5)cc4)cc3)cc2)[C@@H](N2CCCCC2)C1. The lowest BCUT2D eigenvalue weighted by molar-refractivity contribution is 0.0503. The van der Waals surface area contributed by atoms with Crippen LogP contribution >= 0.6 is 0 Å². The average Bonchev–Trinajstić information content (AvgIpc) is 3.93. The van der Waals surface area contributed by atoms with Crippen LogP contribution in [0.2, 0.25) is 0 Å². The Morgan fingerprint density at radius 3 is 1.51 bits per heavy atom. The number of likely N-dealkylation sites (tertiary alicyclic amines) is 2. The number of ether oxygens (including phenoxy) is 6. The van der Waals surface area contributed by atoms with Crippen LogP contribution in [0.3, 0.4) is 0 Å². The highest BCUT2D eigenvalue weighted by Crippen LogP contribution is 2.39. The lowest BCUT2D eigenvalue weighted by Crippen LogP contribution is -2.48. The number of benzene rings is 4. The van der Waals surface area contributed by atoms with Crippen molar-refractivity contribution in [3.8, 4) is 11.5 Å². The Labute approximate surface area is 478 Å². The highest BCUT2D eigenvalue weighted by Gasteiger charge is 2.38. The minimum atomic E-state index is -3.77. The Bertz CT molecular complexity index is 2910. The molecule has 2 fully saturated rings. The number of sulfonamides is 2. The van der Waals surface area contributed by atoms with E-state index in [4.69, 9.17) is 28.4 Å². The minimum Gasteiger partial charge on any atom is -0.488 e. The second-order valence-corrected chi connectivity index (χ2v) is 24.1. The molecule has 2 saturated heterocycles. The Balaban J connectivity index is 0.619. The molecule has 0 saturated carbocycles. The third kappa shape index (κ3) is 18.9.